The highest BCUT2D eigenvalue weighted by Gasteiger charge is 2.20. The predicted octanol–water partition coefficient (Wildman–Crippen LogP) is 4.92. The number of benzene rings is 2. The van der Waals surface area contributed by atoms with Gasteiger partial charge in [-0.15, -0.1) is 0 Å². The summed E-state index contributed by atoms with van der Waals surface area (Å²) in [6.07, 6.45) is 5.31. The summed E-state index contributed by atoms with van der Waals surface area (Å²) in [6, 6.07) is 11.5. The average Bonchev–Trinajstić information content (AvgIpc) is 2.77. The van der Waals surface area contributed by atoms with Gasteiger partial charge in [0.05, 0.1) is 22.7 Å². The van der Waals surface area contributed by atoms with E-state index in [2.05, 4.69) is 5.32 Å². The number of ether oxygens (including phenoxy) is 1. The minimum Gasteiger partial charge on any atom is -0.494 e. The van der Waals surface area contributed by atoms with Crippen LogP contribution in [0.25, 0.3) is 0 Å². The van der Waals surface area contributed by atoms with E-state index in [0.29, 0.717) is 43.6 Å². The Hall–Kier alpha value is -2.87. The van der Waals surface area contributed by atoms with Gasteiger partial charge in [-0.25, -0.2) is 9.18 Å². The molecular weight excluding hydrogens is 419 g/mol. The molecule has 1 N–H and O–H groups in total. The smallest absolute Gasteiger partial charge is 0.435 e. The van der Waals surface area contributed by atoms with Crippen LogP contribution in [0, 0.1) is 5.82 Å². The van der Waals surface area contributed by atoms with Crippen molar-refractivity contribution in [1.82, 2.24) is 0 Å². The second kappa shape index (κ2) is 11.5. The van der Waals surface area contributed by atoms with Gasteiger partial charge in [0.15, 0.2) is 12.0 Å². The first-order valence-corrected chi connectivity index (χ1v) is 11.1. The van der Waals surface area contributed by atoms with Gasteiger partial charge in [0, 0.05) is 18.5 Å². The number of hydroxylamine groups is 1. The van der Waals surface area contributed by atoms with Gasteiger partial charge in [-0.2, -0.15) is 4.28 Å². The van der Waals surface area contributed by atoms with Gasteiger partial charge in [-0.3, -0.25) is 4.79 Å². The summed E-state index contributed by atoms with van der Waals surface area (Å²) in [6.45, 7) is 2.42. The Morgan fingerprint density at radius 1 is 1.23 bits per heavy atom. The molecule has 0 spiro atoms. The number of unbranched alkanes of at least 4 members (excludes halogenated alkanes) is 1. The quantitative estimate of drug-likeness (QED) is 0.185. The lowest BCUT2D eigenvalue weighted by atomic mass is 10.0. The van der Waals surface area contributed by atoms with Gasteiger partial charge < -0.3 is 10.1 Å². The van der Waals surface area contributed by atoms with Crippen LogP contribution in [0.5, 0.6) is 5.75 Å². The van der Waals surface area contributed by atoms with Crippen molar-refractivity contribution in [3.8, 4) is 5.75 Å². The number of hydrogen-bond acceptors (Lipinski definition) is 5. The van der Waals surface area contributed by atoms with E-state index in [4.69, 9.17) is 9.02 Å². The Kier molecular flexibility index (Phi) is 8.46. The molecule has 1 aliphatic rings. The lowest BCUT2D eigenvalue weighted by Crippen LogP contribution is -2.20. The third-order valence-electron chi connectivity index (χ3n) is 4.62. The molecule has 0 radical (unpaired) electrons. The van der Waals surface area contributed by atoms with Crippen LogP contribution >= 0.6 is 12.0 Å². The Balaban J connectivity index is 1.49. The molecule has 0 fully saturated rings. The fraction of sp³-hybridized carbons (Fsp3) is 0.348. The Morgan fingerprint density at radius 2 is 2.03 bits per heavy atom. The average molecular weight is 446 g/mol. The molecule has 6 nitrogen and oxygen atoms in total. The Bertz CT molecular complexity index is 947. The summed E-state index contributed by atoms with van der Waals surface area (Å²) in [5.74, 6) is 0.351. The molecule has 2 aromatic rings. The number of aryl methyl sites for hydroxylation is 1. The fourth-order valence-electron chi connectivity index (χ4n) is 3.00. The van der Waals surface area contributed by atoms with Gasteiger partial charge in [-0.05, 0) is 67.3 Å². The summed E-state index contributed by atoms with van der Waals surface area (Å²) in [5, 5.41) is 2.85. The third kappa shape index (κ3) is 7.10. The molecule has 2 amide bonds. The van der Waals surface area contributed by atoms with E-state index < -0.39 is 0 Å². The molecule has 0 aliphatic carbocycles. The number of halogens is 1. The molecule has 0 aromatic heterocycles. The third-order valence-corrected chi connectivity index (χ3v) is 5.32. The summed E-state index contributed by atoms with van der Waals surface area (Å²) < 4.78 is 25.7. The van der Waals surface area contributed by atoms with Gasteiger partial charge in [-0.1, -0.05) is 6.92 Å². The Labute approximate surface area is 185 Å². The number of nitrogens with one attached hydrogen (secondary N) is 1. The first-order valence-electron chi connectivity index (χ1n) is 10.4. The molecule has 1 heterocycles. The number of nitrogens with zero attached hydrogens (tertiary/aromatic N) is 1. The number of hydrogen-bond donors (Lipinski definition) is 1. The highest BCUT2D eigenvalue weighted by atomic mass is 32.2. The van der Waals surface area contributed by atoms with Gasteiger partial charge in [0.2, 0.25) is 12.1 Å². The molecule has 8 heteroatoms. The second-order valence-electron chi connectivity index (χ2n) is 7.12. The molecule has 0 bridgehead atoms. The molecule has 164 valence electrons. The van der Waals surface area contributed by atoms with Crippen molar-refractivity contribution in [3.63, 3.8) is 0 Å². The van der Waals surface area contributed by atoms with Gasteiger partial charge in [0.1, 0.15) is 11.6 Å². The number of anilines is 1. The van der Waals surface area contributed by atoms with Gasteiger partial charge >= 0.3 is 5.91 Å². The van der Waals surface area contributed by atoms with Crippen LogP contribution < -0.4 is 10.1 Å². The first kappa shape index (κ1) is 22.8. The molecule has 1 aliphatic heterocycles. The lowest BCUT2D eigenvalue weighted by Gasteiger charge is -2.17. The van der Waals surface area contributed by atoms with Crippen molar-refractivity contribution in [2.45, 2.75) is 50.3 Å². The van der Waals surface area contributed by atoms with Crippen molar-refractivity contribution in [3.05, 3.63) is 53.8 Å². The summed E-state index contributed by atoms with van der Waals surface area (Å²) in [4.78, 5) is 24.4. The van der Waals surface area contributed by atoms with Crippen molar-refractivity contribution in [2.75, 3.05) is 11.9 Å². The lowest BCUT2D eigenvalue weighted by molar-refractivity contribution is -0.667. The summed E-state index contributed by atoms with van der Waals surface area (Å²) in [5.41, 5.74) is 1.92. The number of carbonyl (C=O) groups excluding carboxylic acids is 2. The highest BCUT2D eigenvalue weighted by molar-refractivity contribution is 7.94. The van der Waals surface area contributed by atoms with Crippen LogP contribution in [-0.2, 0) is 20.3 Å². The van der Waals surface area contributed by atoms with E-state index in [-0.39, 0.29) is 17.6 Å². The minimum atomic E-state index is -0.321. The standard InChI is InChI=1S/C23H25FN2O4S/c1-2-5-23(28)26(30-31-20-10-7-18(24)8-11-20)14-3-4-15-29-19-9-12-21-17(16-19)6-13-22(27)25-21/h7-12,14,16H,2-6,13,15H2,1H3/p+1. The molecule has 0 unspecified atom stereocenters. The zero-order valence-electron chi connectivity index (χ0n) is 17.4. The summed E-state index contributed by atoms with van der Waals surface area (Å²) in [7, 11) is 0. The summed E-state index contributed by atoms with van der Waals surface area (Å²) >= 11 is 1.01. The zero-order chi connectivity index (χ0) is 22.1. The van der Waals surface area contributed by atoms with Crippen molar-refractivity contribution >= 4 is 35.8 Å². The number of carbonyl (C=O) groups is 2. The molecule has 3 rings (SSSR count). The van der Waals surface area contributed by atoms with Crippen molar-refractivity contribution in [2.24, 2.45) is 0 Å². The number of rotatable bonds is 10. The maximum Gasteiger partial charge on any atom is 0.435 e. The van der Waals surface area contributed by atoms with E-state index in [9.17, 15) is 14.0 Å². The maximum absolute atomic E-state index is 13.0. The van der Waals surface area contributed by atoms with Crippen molar-refractivity contribution < 1.29 is 27.7 Å². The molecule has 2 aromatic carbocycles. The van der Waals surface area contributed by atoms with Gasteiger partial charge in [0.25, 0.3) is 0 Å². The maximum atomic E-state index is 13.0. The monoisotopic (exact) mass is 445 g/mol. The number of fused-ring (bicyclic) bond motifs is 1. The van der Waals surface area contributed by atoms with Crippen LogP contribution in [0.15, 0.2) is 47.4 Å². The fourth-order valence-corrected chi connectivity index (χ4v) is 3.56. The predicted molar refractivity (Wildman–Crippen MR) is 118 cm³/mol. The Morgan fingerprint density at radius 3 is 2.81 bits per heavy atom. The molecule has 0 saturated carbocycles. The molecule has 0 saturated heterocycles. The second-order valence-corrected chi connectivity index (χ2v) is 7.91. The van der Waals surface area contributed by atoms with Crippen LogP contribution in [0.2, 0.25) is 0 Å². The van der Waals surface area contributed by atoms with Crippen molar-refractivity contribution in [1.29, 1.82) is 0 Å². The van der Waals surface area contributed by atoms with E-state index >= 15 is 0 Å². The van der Waals surface area contributed by atoms with E-state index in [1.165, 1.54) is 16.9 Å². The normalized spacial score (nSPS) is 13.4. The van der Waals surface area contributed by atoms with Crippen LogP contribution in [-0.4, -0.2) is 29.4 Å². The SMILES string of the molecule is CCCC(=O)[N+](=CCCCOc1ccc2c(c1)CCC(=O)N2)OSc1ccc(F)cc1. The highest BCUT2D eigenvalue weighted by Crippen LogP contribution is 2.27. The molecule has 0 atom stereocenters. The van der Waals surface area contributed by atoms with E-state index in [0.717, 1.165) is 35.5 Å². The van der Waals surface area contributed by atoms with Crippen LogP contribution in [0.1, 0.15) is 44.6 Å². The minimum absolute atomic E-state index is 0.0405. The van der Waals surface area contributed by atoms with E-state index in [1.807, 2.05) is 25.1 Å². The number of amides is 2. The van der Waals surface area contributed by atoms with Crippen LogP contribution in [0.3, 0.4) is 0 Å². The molecule has 31 heavy (non-hydrogen) atoms. The van der Waals surface area contributed by atoms with E-state index in [1.54, 1.807) is 18.3 Å². The topological polar surface area (TPSA) is 67.6 Å². The zero-order valence-corrected chi connectivity index (χ0v) is 18.3. The first-order chi connectivity index (χ1) is 15.0. The molecular formula is C23H26FN2O4S+. The van der Waals surface area contributed by atoms with Crippen LogP contribution in [0.4, 0.5) is 10.1 Å². The largest absolute Gasteiger partial charge is 0.494 e.